The van der Waals surface area contributed by atoms with Crippen LogP contribution in [0.15, 0.2) is 72.9 Å². The molecule has 0 fully saturated rings. The highest BCUT2D eigenvalue weighted by Crippen LogP contribution is 2.14. The van der Waals surface area contributed by atoms with Gasteiger partial charge < -0.3 is 23.8 Å². The molecule has 8 heteroatoms. The van der Waals surface area contributed by atoms with Crippen molar-refractivity contribution in [1.82, 2.24) is 0 Å². The van der Waals surface area contributed by atoms with Gasteiger partial charge >= 0.3 is 17.9 Å². The highest BCUT2D eigenvalue weighted by Gasteiger charge is 2.31. The summed E-state index contributed by atoms with van der Waals surface area (Å²) in [6.45, 7) is 4.63. The van der Waals surface area contributed by atoms with Crippen molar-refractivity contribution in [3.05, 3.63) is 72.9 Å². The topological polar surface area (TPSA) is 99.1 Å². The molecule has 0 saturated carbocycles. The second-order valence-corrected chi connectivity index (χ2v) is 17.4. The van der Waals surface area contributed by atoms with Gasteiger partial charge in [0.1, 0.15) is 6.61 Å². The third kappa shape index (κ3) is 41.9. The summed E-state index contributed by atoms with van der Waals surface area (Å²) in [4.78, 5) is 37.1. The number of quaternary nitrogens is 1. The van der Waals surface area contributed by atoms with Crippen LogP contribution in [0.3, 0.4) is 0 Å². The van der Waals surface area contributed by atoms with Crippen molar-refractivity contribution in [2.75, 3.05) is 41.0 Å². The third-order valence-corrected chi connectivity index (χ3v) is 10.6. The van der Waals surface area contributed by atoms with Crippen molar-refractivity contribution in [1.29, 1.82) is 0 Å². The summed E-state index contributed by atoms with van der Waals surface area (Å²) < 4.78 is 17.3. The van der Waals surface area contributed by atoms with E-state index in [1.807, 2.05) is 21.1 Å². The Morgan fingerprint density at radius 3 is 1.46 bits per heavy atom. The first-order chi connectivity index (χ1) is 29.6. The second kappa shape index (κ2) is 43.4. The van der Waals surface area contributed by atoms with Gasteiger partial charge in [-0.1, -0.05) is 170 Å². The molecule has 0 radical (unpaired) electrons. The summed E-state index contributed by atoms with van der Waals surface area (Å²) >= 11 is 0. The number of carboxylic acids is 1. The van der Waals surface area contributed by atoms with Crippen LogP contribution in [0.2, 0.25) is 0 Å². The summed E-state index contributed by atoms with van der Waals surface area (Å²) in [6.07, 6.45) is 55.2. The molecule has 0 aliphatic carbocycles. The molecule has 2 unspecified atom stereocenters. The van der Waals surface area contributed by atoms with E-state index in [2.05, 4.69) is 86.8 Å². The number of ether oxygens (including phenoxy) is 3. The van der Waals surface area contributed by atoms with Crippen LogP contribution in [0, 0.1) is 0 Å². The fourth-order valence-corrected chi connectivity index (χ4v) is 6.78. The molecular weight excluding hydrogens is 763 g/mol. The molecule has 350 valence electrons. The van der Waals surface area contributed by atoms with Crippen molar-refractivity contribution in [2.24, 2.45) is 0 Å². The molecule has 61 heavy (non-hydrogen) atoms. The molecule has 0 heterocycles. The first-order valence-electron chi connectivity index (χ1n) is 24.5. The Kier molecular flexibility index (Phi) is 41.1. The molecule has 0 amide bonds. The van der Waals surface area contributed by atoms with Crippen LogP contribution in [0.1, 0.15) is 194 Å². The fraction of sp³-hybridized carbons (Fsp3) is 0.717. The molecule has 0 aliphatic heterocycles. The number of unbranched alkanes of at least 4 members (excludes halogenated alkanes) is 18. The van der Waals surface area contributed by atoms with E-state index in [-0.39, 0.29) is 42.7 Å². The number of aliphatic carboxylic acids is 1. The number of hydrogen-bond donors (Lipinski definition) is 1. The number of carboxylic acid groups (broad SMARTS) is 1. The monoisotopic (exact) mass is 855 g/mol. The van der Waals surface area contributed by atoms with Crippen LogP contribution in [-0.2, 0) is 28.6 Å². The summed E-state index contributed by atoms with van der Waals surface area (Å²) in [5, 5.41) is 9.64. The molecule has 0 bridgehead atoms. The van der Waals surface area contributed by atoms with Crippen LogP contribution >= 0.6 is 0 Å². The first-order valence-corrected chi connectivity index (χ1v) is 24.5. The zero-order valence-electron chi connectivity index (χ0n) is 39.8. The molecule has 0 aromatic carbocycles. The minimum absolute atomic E-state index is 0.0353. The minimum atomic E-state index is -0.886. The maximum absolute atomic E-state index is 12.7. The number of likely N-dealkylation sites (N-methyl/N-ethyl adjacent to an activating group) is 1. The van der Waals surface area contributed by atoms with Gasteiger partial charge in [-0.25, -0.2) is 4.79 Å². The summed E-state index contributed by atoms with van der Waals surface area (Å²) in [5.41, 5.74) is 0. The lowest BCUT2D eigenvalue weighted by molar-refractivity contribution is -0.887. The molecule has 0 aromatic rings. The predicted molar refractivity (Wildman–Crippen MR) is 257 cm³/mol. The van der Waals surface area contributed by atoms with Crippen LogP contribution in [-0.4, -0.2) is 80.6 Å². The quantitative estimate of drug-likeness (QED) is 0.0214. The third-order valence-electron chi connectivity index (χ3n) is 10.6. The second-order valence-electron chi connectivity index (χ2n) is 17.4. The first kappa shape index (κ1) is 57.8. The Hall–Kier alpha value is -3.23. The van der Waals surface area contributed by atoms with Crippen molar-refractivity contribution < 1.29 is 38.2 Å². The van der Waals surface area contributed by atoms with E-state index in [1.165, 1.54) is 109 Å². The Morgan fingerprint density at radius 2 is 0.934 bits per heavy atom. The number of rotatable bonds is 43. The van der Waals surface area contributed by atoms with Gasteiger partial charge in [-0.05, 0) is 77.0 Å². The average Bonchev–Trinajstić information content (AvgIpc) is 3.22. The van der Waals surface area contributed by atoms with Crippen LogP contribution in [0.4, 0.5) is 0 Å². The van der Waals surface area contributed by atoms with E-state index in [9.17, 15) is 19.5 Å². The molecule has 2 atom stereocenters. The zero-order chi connectivity index (χ0) is 44.9. The van der Waals surface area contributed by atoms with Crippen LogP contribution < -0.4 is 0 Å². The van der Waals surface area contributed by atoms with E-state index in [0.29, 0.717) is 19.3 Å². The maximum atomic E-state index is 12.7. The number of nitrogens with zero attached hydrogens (tertiary/aromatic N) is 1. The van der Waals surface area contributed by atoms with Gasteiger partial charge in [-0.15, -0.1) is 0 Å². The van der Waals surface area contributed by atoms with E-state index in [1.54, 1.807) is 0 Å². The summed E-state index contributed by atoms with van der Waals surface area (Å²) in [6, 6.07) is -0.628. The highest BCUT2D eigenvalue weighted by atomic mass is 16.6. The molecule has 0 rings (SSSR count). The summed E-state index contributed by atoms with van der Waals surface area (Å²) in [5.74, 6) is -1.55. The zero-order valence-corrected chi connectivity index (χ0v) is 39.8. The number of carbonyl (C=O) groups excluding carboxylic acids is 2. The van der Waals surface area contributed by atoms with Crippen molar-refractivity contribution in [3.63, 3.8) is 0 Å². The van der Waals surface area contributed by atoms with Gasteiger partial charge in [-0.3, -0.25) is 9.59 Å². The lowest BCUT2D eigenvalue weighted by atomic mass is 10.1. The Bertz CT molecular complexity index is 1230. The highest BCUT2D eigenvalue weighted by molar-refractivity contribution is 5.72. The molecule has 0 aliphatic rings. The molecule has 0 spiro atoms. The van der Waals surface area contributed by atoms with Gasteiger partial charge in [0.25, 0.3) is 0 Å². The standard InChI is InChI=1S/C53H91NO7/c1-6-8-10-12-14-16-18-20-22-24-25-26-28-29-31-33-35-37-39-41-43-51(55)60-48-49(47-59-46-45-50(53(57)58)54(3,4)5)61-52(56)44-42-40-38-36-34-32-30-27-23-21-19-17-15-13-11-9-7-2/h15-18,20-23,30,32,36,38,49-50H,6-14,19,24-29,31,33-35,37,39-48H2,1-5H3/p+1/b17-15+,18-16+,22-20+,23-21+,32-30+,38-36+. The Labute approximate surface area is 374 Å². The van der Waals surface area contributed by atoms with Crippen molar-refractivity contribution in [2.45, 2.75) is 206 Å². The van der Waals surface area contributed by atoms with Gasteiger partial charge in [0.2, 0.25) is 0 Å². The van der Waals surface area contributed by atoms with Gasteiger partial charge in [0, 0.05) is 19.3 Å². The molecule has 0 aromatic heterocycles. The van der Waals surface area contributed by atoms with E-state index >= 15 is 0 Å². The molecule has 1 N–H and O–H groups in total. The largest absolute Gasteiger partial charge is 0.477 e. The number of esters is 2. The van der Waals surface area contributed by atoms with Gasteiger partial charge in [-0.2, -0.15) is 0 Å². The van der Waals surface area contributed by atoms with Crippen LogP contribution in [0.25, 0.3) is 0 Å². The number of allylic oxidation sites excluding steroid dienone is 12. The Morgan fingerprint density at radius 1 is 0.508 bits per heavy atom. The van der Waals surface area contributed by atoms with Crippen molar-refractivity contribution in [3.8, 4) is 0 Å². The molecule has 0 saturated heterocycles. The maximum Gasteiger partial charge on any atom is 0.362 e. The van der Waals surface area contributed by atoms with E-state index < -0.39 is 18.1 Å². The number of carbonyl (C=O) groups is 3. The smallest absolute Gasteiger partial charge is 0.362 e. The fourth-order valence-electron chi connectivity index (χ4n) is 6.78. The van der Waals surface area contributed by atoms with Crippen molar-refractivity contribution >= 4 is 17.9 Å². The summed E-state index contributed by atoms with van der Waals surface area (Å²) in [7, 11) is 5.51. The minimum Gasteiger partial charge on any atom is -0.477 e. The normalized spacial score (nSPS) is 13.5. The number of hydrogen-bond acceptors (Lipinski definition) is 6. The van der Waals surface area contributed by atoms with Gasteiger partial charge in [0.15, 0.2) is 12.1 Å². The lowest BCUT2D eigenvalue weighted by Crippen LogP contribution is -2.50. The molecule has 8 nitrogen and oxygen atoms in total. The predicted octanol–water partition coefficient (Wildman–Crippen LogP) is 13.9. The SMILES string of the molecule is CCCCC/C=C/C/C=C/C/C=C/C/C=C/CCCC(=O)OC(COCCC(C(=O)O)[N+](C)(C)C)COC(=O)CCCCCCCCCCCC/C=C/C=C/CCCCCC. The average molecular weight is 855 g/mol. The molecular formula is C53H92NO7+. The van der Waals surface area contributed by atoms with Crippen LogP contribution in [0.5, 0.6) is 0 Å². The van der Waals surface area contributed by atoms with Gasteiger partial charge in [0.05, 0.1) is 34.4 Å². The van der Waals surface area contributed by atoms with E-state index in [4.69, 9.17) is 14.2 Å². The Balaban J connectivity index is 4.37. The lowest BCUT2D eigenvalue weighted by Gasteiger charge is -2.31. The van der Waals surface area contributed by atoms with E-state index in [0.717, 1.165) is 44.9 Å².